The molecule has 0 fully saturated rings. The molecule has 4 heteroatoms. The molecule has 0 unspecified atom stereocenters. The predicted molar refractivity (Wildman–Crippen MR) is 53.8 cm³/mol. The lowest BCUT2D eigenvalue weighted by Crippen LogP contribution is -2.20. The van der Waals surface area contributed by atoms with Crippen molar-refractivity contribution in [1.82, 2.24) is 4.57 Å². The summed E-state index contributed by atoms with van der Waals surface area (Å²) in [7, 11) is 1.72. The van der Waals surface area contributed by atoms with Crippen molar-refractivity contribution in [2.75, 3.05) is 0 Å². The van der Waals surface area contributed by atoms with Crippen LogP contribution in [0.2, 0.25) is 5.02 Å². The molecule has 0 saturated heterocycles. The number of rotatable bonds is 1. The average Bonchev–Trinajstić information content (AvgIpc) is 2.01. The smallest absolute Gasteiger partial charge is 0.264 e. The summed E-state index contributed by atoms with van der Waals surface area (Å²) in [6.45, 7) is 1.97. The molecule has 1 aromatic rings. The normalized spacial score (nSPS) is 10.3. The molecule has 0 aromatic carbocycles. The van der Waals surface area contributed by atoms with Gasteiger partial charge in [-0.25, -0.2) is 0 Å². The second-order valence-corrected chi connectivity index (χ2v) is 3.77. The van der Waals surface area contributed by atoms with Crippen molar-refractivity contribution in [2.24, 2.45) is 7.05 Å². The summed E-state index contributed by atoms with van der Waals surface area (Å²) in [5.74, 6) is 0. The first-order chi connectivity index (χ1) is 5.57. The van der Waals surface area contributed by atoms with Gasteiger partial charge in [0.2, 0.25) is 0 Å². The fourth-order valence-corrected chi connectivity index (χ4v) is 2.10. The van der Waals surface area contributed by atoms with E-state index in [4.69, 9.17) is 11.6 Å². The van der Waals surface area contributed by atoms with E-state index in [1.165, 1.54) is 0 Å². The number of nitrogens with zero attached hydrogens (tertiary/aromatic N) is 1. The highest BCUT2D eigenvalue weighted by Gasteiger charge is 2.06. The number of halogens is 2. The molecule has 0 bridgehead atoms. The molecular weight excluding hydrogens is 241 g/mol. The first-order valence-electron chi connectivity index (χ1n) is 3.61. The lowest BCUT2D eigenvalue weighted by atomic mass is 10.3. The van der Waals surface area contributed by atoms with Gasteiger partial charge in [0.05, 0.1) is 9.50 Å². The highest BCUT2D eigenvalue weighted by Crippen LogP contribution is 2.17. The van der Waals surface area contributed by atoms with Crippen LogP contribution in [0.4, 0.5) is 0 Å². The second-order valence-electron chi connectivity index (χ2n) is 2.50. The van der Waals surface area contributed by atoms with Crippen molar-refractivity contribution >= 4 is 27.5 Å². The van der Waals surface area contributed by atoms with Crippen molar-refractivity contribution in [1.29, 1.82) is 0 Å². The van der Waals surface area contributed by atoms with Crippen molar-refractivity contribution in [3.8, 4) is 0 Å². The molecule has 0 atom stereocenters. The molecule has 0 aliphatic heterocycles. The Bertz CT molecular complexity index is 359. The van der Waals surface area contributed by atoms with Crippen LogP contribution in [0, 0.1) is 0 Å². The van der Waals surface area contributed by atoms with E-state index < -0.39 is 0 Å². The second kappa shape index (κ2) is 3.62. The van der Waals surface area contributed by atoms with Gasteiger partial charge in [-0.15, -0.1) is 0 Å². The monoisotopic (exact) mass is 249 g/mol. The molecular formula is C8H9BrClNO. The molecule has 0 amide bonds. The summed E-state index contributed by atoms with van der Waals surface area (Å²) < 4.78 is 2.07. The summed E-state index contributed by atoms with van der Waals surface area (Å²) in [5.41, 5.74) is 0.820. The predicted octanol–water partition coefficient (Wildman–Crippen LogP) is 2.36. The van der Waals surface area contributed by atoms with Gasteiger partial charge in [0.15, 0.2) is 0 Å². The molecule has 2 nitrogen and oxygen atoms in total. The minimum Gasteiger partial charge on any atom is -0.313 e. The summed E-state index contributed by atoms with van der Waals surface area (Å²) in [6.07, 6.45) is 0.762. The quantitative estimate of drug-likeness (QED) is 0.750. The zero-order valence-electron chi connectivity index (χ0n) is 6.90. The molecule has 1 heterocycles. The van der Waals surface area contributed by atoms with Gasteiger partial charge < -0.3 is 4.57 Å². The Morgan fingerprint density at radius 2 is 2.25 bits per heavy atom. The Kier molecular flexibility index (Phi) is 2.96. The number of hydrogen-bond donors (Lipinski definition) is 0. The van der Waals surface area contributed by atoms with Gasteiger partial charge in [-0.3, -0.25) is 4.79 Å². The van der Waals surface area contributed by atoms with Crippen LogP contribution in [0.25, 0.3) is 0 Å². The minimum absolute atomic E-state index is 0.0451. The lowest BCUT2D eigenvalue weighted by Gasteiger charge is -2.07. The highest BCUT2D eigenvalue weighted by molar-refractivity contribution is 9.10. The van der Waals surface area contributed by atoms with Gasteiger partial charge in [0.25, 0.3) is 5.56 Å². The summed E-state index contributed by atoms with van der Waals surface area (Å²) in [5, 5.41) is 0.631. The lowest BCUT2D eigenvalue weighted by molar-refractivity contribution is 0.778. The van der Waals surface area contributed by atoms with E-state index in [1.807, 2.05) is 6.92 Å². The Labute approximate surface area is 84.3 Å². The van der Waals surface area contributed by atoms with Crippen molar-refractivity contribution in [3.63, 3.8) is 0 Å². The third-order valence-electron chi connectivity index (χ3n) is 1.78. The molecule has 1 aromatic heterocycles. The topological polar surface area (TPSA) is 22.0 Å². The molecule has 0 spiro atoms. The van der Waals surface area contributed by atoms with E-state index >= 15 is 0 Å². The van der Waals surface area contributed by atoms with E-state index in [-0.39, 0.29) is 5.56 Å². The van der Waals surface area contributed by atoms with Crippen LogP contribution in [0.3, 0.4) is 0 Å². The van der Waals surface area contributed by atoms with Gasteiger partial charge >= 0.3 is 0 Å². The zero-order valence-corrected chi connectivity index (χ0v) is 9.24. The maximum atomic E-state index is 11.4. The van der Waals surface area contributed by atoms with Crippen LogP contribution in [0.15, 0.2) is 15.3 Å². The fraction of sp³-hybridized carbons (Fsp3) is 0.375. The Morgan fingerprint density at radius 3 is 2.75 bits per heavy atom. The summed E-state index contributed by atoms with van der Waals surface area (Å²) in [6, 6.07) is 1.64. The molecule has 0 aliphatic rings. The molecule has 0 N–H and O–H groups in total. The van der Waals surface area contributed by atoms with Gasteiger partial charge in [0.1, 0.15) is 0 Å². The Morgan fingerprint density at radius 1 is 1.67 bits per heavy atom. The van der Waals surface area contributed by atoms with E-state index in [9.17, 15) is 4.79 Å². The Hall–Kier alpha value is -0.280. The first-order valence-corrected chi connectivity index (χ1v) is 4.79. The molecule has 0 radical (unpaired) electrons. The SMILES string of the molecule is CCc1c(Cl)cc(Br)c(=O)n1C. The molecule has 66 valence electrons. The van der Waals surface area contributed by atoms with E-state index in [2.05, 4.69) is 15.9 Å². The van der Waals surface area contributed by atoms with Crippen LogP contribution in [-0.4, -0.2) is 4.57 Å². The highest BCUT2D eigenvalue weighted by atomic mass is 79.9. The van der Waals surface area contributed by atoms with Gasteiger partial charge in [0, 0.05) is 12.7 Å². The van der Waals surface area contributed by atoms with E-state index in [1.54, 1.807) is 17.7 Å². The standard InChI is InChI=1S/C8H9BrClNO/c1-3-7-6(10)4-5(9)8(12)11(7)2/h4H,3H2,1-2H3. The van der Waals surface area contributed by atoms with Gasteiger partial charge in [-0.1, -0.05) is 18.5 Å². The fourth-order valence-electron chi connectivity index (χ4n) is 1.11. The van der Waals surface area contributed by atoms with Crippen molar-refractivity contribution in [3.05, 3.63) is 31.6 Å². The van der Waals surface area contributed by atoms with E-state index in [0.717, 1.165) is 12.1 Å². The summed E-state index contributed by atoms with van der Waals surface area (Å²) >= 11 is 9.06. The van der Waals surface area contributed by atoms with Crippen LogP contribution in [-0.2, 0) is 13.5 Å². The van der Waals surface area contributed by atoms with Crippen LogP contribution >= 0.6 is 27.5 Å². The number of pyridine rings is 1. The van der Waals surface area contributed by atoms with Crippen LogP contribution in [0.1, 0.15) is 12.6 Å². The molecule has 0 aliphatic carbocycles. The molecule has 1 rings (SSSR count). The summed E-state index contributed by atoms with van der Waals surface area (Å²) in [4.78, 5) is 11.4. The maximum Gasteiger partial charge on any atom is 0.264 e. The van der Waals surface area contributed by atoms with Crippen molar-refractivity contribution < 1.29 is 0 Å². The number of aromatic nitrogens is 1. The minimum atomic E-state index is -0.0451. The maximum absolute atomic E-state index is 11.4. The number of hydrogen-bond acceptors (Lipinski definition) is 1. The Balaban J connectivity index is 3.52. The average molecular weight is 251 g/mol. The van der Waals surface area contributed by atoms with Crippen LogP contribution in [0.5, 0.6) is 0 Å². The molecule has 12 heavy (non-hydrogen) atoms. The van der Waals surface area contributed by atoms with E-state index in [0.29, 0.717) is 9.50 Å². The van der Waals surface area contributed by atoms with Gasteiger partial charge in [-0.2, -0.15) is 0 Å². The largest absolute Gasteiger partial charge is 0.313 e. The zero-order chi connectivity index (χ0) is 9.30. The van der Waals surface area contributed by atoms with Crippen molar-refractivity contribution in [2.45, 2.75) is 13.3 Å². The third-order valence-corrected chi connectivity index (χ3v) is 2.67. The van der Waals surface area contributed by atoms with Crippen LogP contribution < -0.4 is 5.56 Å². The third kappa shape index (κ3) is 1.57. The molecule has 0 saturated carbocycles. The first kappa shape index (κ1) is 9.81. The van der Waals surface area contributed by atoms with Gasteiger partial charge in [-0.05, 0) is 28.4 Å².